The molecule has 20 heavy (non-hydrogen) atoms. The molecule has 2 aliphatic rings. The van der Waals surface area contributed by atoms with Crippen LogP contribution >= 0.6 is 0 Å². The van der Waals surface area contributed by atoms with Crippen LogP contribution in [0.1, 0.15) is 32.1 Å². The minimum atomic E-state index is -0.159. The topological polar surface area (TPSA) is 25.1 Å². The van der Waals surface area contributed by atoms with Gasteiger partial charge in [0.05, 0.1) is 12.7 Å². The zero-order valence-corrected chi connectivity index (χ0v) is 12.4. The van der Waals surface area contributed by atoms with Crippen LogP contribution in [0.3, 0.4) is 0 Å². The third kappa shape index (κ3) is 2.68. The fraction of sp³-hybridized carbons (Fsp3) is 0.556. The summed E-state index contributed by atoms with van der Waals surface area (Å²) in [6, 6.07) is 0. The first-order chi connectivity index (χ1) is 9.68. The first-order valence-electron chi connectivity index (χ1n) is 7.43. The van der Waals surface area contributed by atoms with Crippen molar-refractivity contribution in [3.63, 3.8) is 0 Å². The smallest absolute Gasteiger partial charge is 0.105 e. The predicted octanol–water partition coefficient (Wildman–Crippen LogP) is 4.20. The molecule has 3 unspecified atom stereocenters. The number of ether oxygens (including phenoxy) is 2. The minimum absolute atomic E-state index is 0.155. The average Bonchev–Trinajstić information content (AvgIpc) is 3.30. The van der Waals surface area contributed by atoms with Crippen LogP contribution in [-0.4, -0.2) is 23.9 Å². The molecule has 0 N–H and O–H groups in total. The molecule has 0 radical (unpaired) electrons. The summed E-state index contributed by atoms with van der Waals surface area (Å²) in [6.07, 6.45) is 12.8. The van der Waals surface area contributed by atoms with Crippen molar-refractivity contribution >= 4 is 0 Å². The highest BCUT2D eigenvalue weighted by atomic mass is 16.6. The van der Waals surface area contributed by atoms with Crippen LogP contribution < -0.4 is 0 Å². The van der Waals surface area contributed by atoms with Crippen molar-refractivity contribution in [2.24, 2.45) is 5.92 Å². The Labute approximate surface area is 122 Å². The van der Waals surface area contributed by atoms with Crippen molar-refractivity contribution in [2.75, 3.05) is 6.61 Å². The van der Waals surface area contributed by atoms with E-state index in [-0.39, 0.29) is 11.2 Å². The van der Waals surface area contributed by atoms with E-state index in [0.717, 1.165) is 38.7 Å². The Balaban J connectivity index is 2.22. The van der Waals surface area contributed by atoms with Gasteiger partial charge in [0.15, 0.2) is 0 Å². The molecule has 0 spiro atoms. The molecule has 0 amide bonds. The van der Waals surface area contributed by atoms with E-state index >= 15 is 0 Å². The maximum atomic E-state index is 6.34. The zero-order valence-electron chi connectivity index (χ0n) is 12.4. The lowest BCUT2D eigenvalue weighted by Gasteiger charge is -2.26. The summed E-state index contributed by atoms with van der Waals surface area (Å²) in [5, 5.41) is 0. The molecule has 3 atom stereocenters. The van der Waals surface area contributed by atoms with E-state index in [1.165, 1.54) is 0 Å². The lowest BCUT2D eigenvalue weighted by Crippen LogP contribution is -2.34. The van der Waals surface area contributed by atoms with Gasteiger partial charge in [-0.3, -0.25) is 0 Å². The second-order valence-electron chi connectivity index (χ2n) is 5.88. The average molecular weight is 274 g/mol. The number of hydrogen-bond donors (Lipinski definition) is 0. The second kappa shape index (κ2) is 6.11. The van der Waals surface area contributed by atoms with Crippen molar-refractivity contribution in [2.45, 2.75) is 49.4 Å². The molecule has 2 saturated heterocycles. The molecule has 2 rings (SSSR count). The Morgan fingerprint density at radius 2 is 1.60 bits per heavy atom. The fourth-order valence-electron chi connectivity index (χ4n) is 3.57. The van der Waals surface area contributed by atoms with Gasteiger partial charge >= 0.3 is 0 Å². The van der Waals surface area contributed by atoms with Crippen LogP contribution in [0.15, 0.2) is 50.6 Å². The highest BCUT2D eigenvalue weighted by Gasteiger charge is 2.70. The summed E-state index contributed by atoms with van der Waals surface area (Å²) < 4.78 is 11.8. The van der Waals surface area contributed by atoms with E-state index in [1.54, 1.807) is 0 Å². The summed E-state index contributed by atoms with van der Waals surface area (Å²) in [6.45, 7) is 16.5. The van der Waals surface area contributed by atoms with E-state index in [1.807, 2.05) is 24.3 Å². The van der Waals surface area contributed by atoms with Crippen molar-refractivity contribution in [3.05, 3.63) is 50.6 Å². The predicted molar refractivity (Wildman–Crippen MR) is 83.7 cm³/mol. The number of epoxide rings is 2. The summed E-state index contributed by atoms with van der Waals surface area (Å²) in [7, 11) is 0. The molecule has 2 fully saturated rings. The summed E-state index contributed by atoms with van der Waals surface area (Å²) in [5.41, 5.74) is -0.315. The third-order valence-electron chi connectivity index (χ3n) is 4.56. The zero-order chi connectivity index (χ0) is 14.6. The molecule has 2 heterocycles. The fourth-order valence-corrected chi connectivity index (χ4v) is 3.57. The van der Waals surface area contributed by atoms with Crippen LogP contribution in [0.5, 0.6) is 0 Å². The van der Waals surface area contributed by atoms with Crippen LogP contribution in [0.25, 0.3) is 0 Å². The maximum Gasteiger partial charge on any atom is 0.105 e. The van der Waals surface area contributed by atoms with Gasteiger partial charge in [0, 0.05) is 0 Å². The van der Waals surface area contributed by atoms with Crippen LogP contribution in [-0.2, 0) is 9.47 Å². The molecule has 0 bridgehead atoms. The number of rotatable bonds is 11. The lowest BCUT2D eigenvalue weighted by atomic mass is 9.73. The highest BCUT2D eigenvalue weighted by molar-refractivity contribution is 5.24. The molecule has 2 aliphatic heterocycles. The Bertz CT molecular complexity index is 384. The lowest BCUT2D eigenvalue weighted by molar-refractivity contribution is 0.190. The summed E-state index contributed by atoms with van der Waals surface area (Å²) >= 11 is 0. The first-order valence-corrected chi connectivity index (χ1v) is 7.43. The molecule has 0 aromatic rings. The van der Waals surface area contributed by atoms with Crippen LogP contribution in [0.2, 0.25) is 0 Å². The van der Waals surface area contributed by atoms with Gasteiger partial charge in [0.1, 0.15) is 11.2 Å². The van der Waals surface area contributed by atoms with Crippen LogP contribution in [0, 0.1) is 5.92 Å². The Hall–Kier alpha value is -1.12. The van der Waals surface area contributed by atoms with Gasteiger partial charge in [-0.2, -0.15) is 0 Å². The van der Waals surface area contributed by atoms with Gasteiger partial charge in [-0.25, -0.2) is 0 Å². The normalized spacial score (nSPS) is 31.1. The van der Waals surface area contributed by atoms with E-state index in [0.29, 0.717) is 12.0 Å². The first kappa shape index (κ1) is 15.3. The minimum Gasteiger partial charge on any atom is -0.373 e. The van der Waals surface area contributed by atoms with Crippen molar-refractivity contribution in [1.29, 1.82) is 0 Å². The van der Waals surface area contributed by atoms with E-state index < -0.39 is 0 Å². The van der Waals surface area contributed by atoms with E-state index in [4.69, 9.17) is 9.47 Å². The van der Waals surface area contributed by atoms with Crippen molar-refractivity contribution in [1.82, 2.24) is 0 Å². The molecule has 0 aromatic heterocycles. The molecule has 2 nitrogen and oxygen atoms in total. The van der Waals surface area contributed by atoms with Gasteiger partial charge in [-0.15, -0.1) is 26.3 Å². The van der Waals surface area contributed by atoms with Crippen LogP contribution in [0.4, 0.5) is 0 Å². The Morgan fingerprint density at radius 1 is 1.00 bits per heavy atom. The highest BCUT2D eigenvalue weighted by Crippen LogP contribution is 2.61. The van der Waals surface area contributed by atoms with E-state index in [2.05, 4.69) is 26.3 Å². The summed E-state index contributed by atoms with van der Waals surface area (Å²) in [4.78, 5) is 0. The van der Waals surface area contributed by atoms with Gasteiger partial charge in [-0.05, 0) is 38.0 Å². The Kier molecular flexibility index (Phi) is 4.66. The monoisotopic (exact) mass is 274 g/mol. The SMILES string of the molecule is C=CCC(CC1CO1)C1(CC=C)OC1(CC=C)CC=C. The van der Waals surface area contributed by atoms with Crippen molar-refractivity contribution < 1.29 is 9.47 Å². The van der Waals surface area contributed by atoms with E-state index in [9.17, 15) is 0 Å². The molecular weight excluding hydrogens is 248 g/mol. The quantitative estimate of drug-likeness (QED) is 0.416. The third-order valence-corrected chi connectivity index (χ3v) is 4.56. The van der Waals surface area contributed by atoms with Gasteiger partial charge in [-0.1, -0.05) is 24.3 Å². The standard InChI is InChI=1S/C18H26O2/c1-5-9-15(13-16-14-19-16)18(12-8-4)17(20-18,10-6-2)11-7-3/h5-8,15-16H,1-4,9-14H2. The number of allylic oxidation sites excluding steroid dienone is 1. The Morgan fingerprint density at radius 3 is 2.05 bits per heavy atom. The van der Waals surface area contributed by atoms with Gasteiger partial charge < -0.3 is 9.47 Å². The molecule has 0 aliphatic carbocycles. The van der Waals surface area contributed by atoms with Crippen molar-refractivity contribution in [3.8, 4) is 0 Å². The largest absolute Gasteiger partial charge is 0.373 e. The molecule has 110 valence electrons. The second-order valence-corrected chi connectivity index (χ2v) is 5.88. The molecule has 0 aromatic carbocycles. The molecule has 0 saturated carbocycles. The molecule has 2 heteroatoms. The van der Waals surface area contributed by atoms with Gasteiger partial charge in [0.2, 0.25) is 0 Å². The summed E-state index contributed by atoms with van der Waals surface area (Å²) in [5.74, 6) is 0.422. The van der Waals surface area contributed by atoms with Gasteiger partial charge in [0.25, 0.3) is 0 Å². The number of hydrogen-bond acceptors (Lipinski definition) is 2. The molecular formula is C18H26O2. The maximum absolute atomic E-state index is 6.34.